The Morgan fingerprint density at radius 1 is 1.47 bits per heavy atom. The lowest BCUT2D eigenvalue weighted by atomic mass is 9.83. The van der Waals surface area contributed by atoms with Crippen molar-refractivity contribution in [2.24, 2.45) is 11.7 Å². The highest BCUT2D eigenvalue weighted by atomic mass is 16.6. The van der Waals surface area contributed by atoms with Crippen LogP contribution in [0.3, 0.4) is 0 Å². The number of rotatable bonds is 5. The van der Waals surface area contributed by atoms with E-state index in [1.165, 1.54) is 37.1 Å². The molecule has 19 heavy (non-hydrogen) atoms. The number of aliphatic hydroxyl groups excluding tert-OH is 1. The Morgan fingerprint density at radius 2 is 2.16 bits per heavy atom. The minimum atomic E-state index is -0.788. The molecule has 4 N–H and O–H groups in total. The number of hydrogen-bond acceptors (Lipinski definition) is 5. The molecule has 1 saturated heterocycles. The second kappa shape index (κ2) is 6.54. The van der Waals surface area contributed by atoms with E-state index < -0.39 is 18.3 Å². The van der Waals surface area contributed by atoms with E-state index in [-0.39, 0.29) is 6.04 Å². The summed E-state index contributed by atoms with van der Waals surface area (Å²) in [5.41, 5.74) is 8.81. The van der Waals surface area contributed by atoms with Gasteiger partial charge in [0.25, 0.3) is 0 Å². The van der Waals surface area contributed by atoms with Crippen molar-refractivity contribution < 1.29 is 14.6 Å². The molecule has 0 radical (unpaired) electrons. The predicted molar refractivity (Wildman–Crippen MR) is 71.2 cm³/mol. The van der Waals surface area contributed by atoms with Gasteiger partial charge in [-0.05, 0) is 12.3 Å². The van der Waals surface area contributed by atoms with Crippen LogP contribution < -0.4 is 11.2 Å². The van der Waals surface area contributed by atoms with Gasteiger partial charge in [-0.1, -0.05) is 32.1 Å². The van der Waals surface area contributed by atoms with Gasteiger partial charge in [0.05, 0.1) is 6.54 Å². The van der Waals surface area contributed by atoms with Gasteiger partial charge < -0.3 is 15.6 Å². The number of hydrogen-bond donors (Lipinski definition) is 3. The second-order valence-electron chi connectivity index (χ2n) is 5.65. The number of carbonyl (C=O) groups is 1. The summed E-state index contributed by atoms with van der Waals surface area (Å²) in [5.74, 6) is 0.607. The molecule has 2 aliphatic rings. The molecular weight excluding hydrogens is 246 g/mol. The molecule has 3 unspecified atom stereocenters. The van der Waals surface area contributed by atoms with E-state index in [2.05, 4.69) is 5.43 Å². The zero-order valence-electron chi connectivity index (χ0n) is 11.5. The molecule has 3 atom stereocenters. The number of amides is 1. The van der Waals surface area contributed by atoms with Gasteiger partial charge in [-0.2, -0.15) is 0 Å². The molecule has 1 heterocycles. The van der Waals surface area contributed by atoms with Crippen molar-refractivity contribution in [1.82, 2.24) is 10.4 Å². The number of nitrogens with zero attached hydrogens (tertiary/aromatic N) is 1. The fraction of sp³-hybridized carbons (Fsp3) is 0.923. The lowest BCUT2D eigenvalue weighted by molar-refractivity contribution is 0.0120. The van der Waals surface area contributed by atoms with E-state index in [4.69, 9.17) is 10.5 Å². The Bertz CT molecular complexity index is 308. The lowest BCUT2D eigenvalue weighted by Gasteiger charge is -2.28. The van der Waals surface area contributed by atoms with Crippen LogP contribution in [-0.2, 0) is 4.74 Å². The first-order chi connectivity index (χ1) is 9.11. The van der Waals surface area contributed by atoms with Crippen molar-refractivity contribution in [3.63, 3.8) is 0 Å². The molecule has 0 bridgehead atoms. The Labute approximate surface area is 114 Å². The SMILES string of the molecule is CNN1CC(C(O)C(N)CC2CCCCC2)OC1=O. The van der Waals surface area contributed by atoms with Gasteiger partial charge in [-0.25, -0.2) is 15.2 Å². The third-order valence-electron chi connectivity index (χ3n) is 4.25. The highest BCUT2D eigenvalue weighted by Gasteiger charge is 2.38. The van der Waals surface area contributed by atoms with E-state index in [9.17, 15) is 9.90 Å². The van der Waals surface area contributed by atoms with Crippen LogP contribution in [-0.4, -0.2) is 48.1 Å². The molecule has 1 aliphatic carbocycles. The van der Waals surface area contributed by atoms with Gasteiger partial charge in [-0.15, -0.1) is 0 Å². The fourth-order valence-corrected chi connectivity index (χ4v) is 3.07. The Hall–Kier alpha value is -0.850. The molecule has 6 nitrogen and oxygen atoms in total. The molecule has 0 aromatic heterocycles. The molecule has 6 heteroatoms. The van der Waals surface area contributed by atoms with Gasteiger partial charge in [0.2, 0.25) is 0 Å². The van der Waals surface area contributed by atoms with Crippen LogP contribution in [0.15, 0.2) is 0 Å². The lowest BCUT2D eigenvalue weighted by Crippen LogP contribution is -2.46. The van der Waals surface area contributed by atoms with Crippen molar-refractivity contribution in [3.05, 3.63) is 0 Å². The molecule has 1 saturated carbocycles. The number of carbonyl (C=O) groups excluding carboxylic acids is 1. The molecule has 0 spiro atoms. The van der Waals surface area contributed by atoms with E-state index in [0.717, 1.165) is 6.42 Å². The normalized spacial score (nSPS) is 28.3. The van der Waals surface area contributed by atoms with Crippen LogP contribution in [0.25, 0.3) is 0 Å². The molecule has 0 aromatic carbocycles. The van der Waals surface area contributed by atoms with E-state index in [1.54, 1.807) is 7.05 Å². The standard InChI is InChI=1S/C13H25N3O3/c1-15-16-8-11(19-13(16)18)12(17)10(14)7-9-5-3-2-4-6-9/h9-12,15,17H,2-8,14H2,1H3. The summed E-state index contributed by atoms with van der Waals surface area (Å²) in [6.07, 6.45) is 5.29. The van der Waals surface area contributed by atoms with E-state index in [1.807, 2.05) is 0 Å². The second-order valence-corrected chi connectivity index (χ2v) is 5.65. The monoisotopic (exact) mass is 271 g/mol. The summed E-state index contributed by atoms with van der Waals surface area (Å²) in [6, 6.07) is -0.322. The van der Waals surface area contributed by atoms with Crippen LogP contribution in [0.1, 0.15) is 38.5 Å². The number of aliphatic hydroxyl groups is 1. The maximum Gasteiger partial charge on any atom is 0.424 e. The quantitative estimate of drug-likeness (QED) is 0.681. The summed E-state index contributed by atoms with van der Waals surface area (Å²) in [7, 11) is 1.65. The minimum absolute atomic E-state index is 0.322. The largest absolute Gasteiger partial charge is 0.440 e. The van der Waals surface area contributed by atoms with E-state index >= 15 is 0 Å². The van der Waals surface area contributed by atoms with Crippen LogP contribution in [0.4, 0.5) is 4.79 Å². The first-order valence-corrected chi connectivity index (χ1v) is 7.21. The fourth-order valence-electron chi connectivity index (χ4n) is 3.07. The Balaban J connectivity index is 1.81. The first-order valence-electron chi connectivity index (χ1n) is 7.21. The van der Waals surface area contributed by atoms with Crippen molar-refractivity contribution in [3.8, 4) is 0 Å². The van der Waals surface area contributed by atoms with Crippen molar-refractivity contribution >= 4 is 6.09 Å². The van der Waals surface area contributed by atoms with Crippen molar-refractivity contribution in [1.29, 1.82) is 0 Å². The minimum Gasteiger partial charge on any atom is -0.440 e. The van der Waals surface area contributed by atoms with Gasteiger partial charge in [0, 0.05) is 13.1 Å². The molecule has 2 rings (SSSR count). The number of nitrogens with two attached hydrogens (primary N) is 1. The zero-order chi connectivity index (χ0) is 13.8. The third kappa shape index (κ3) is 3.58. The van der Waals surface area contributed by atoms with Crippen LogP contribution in [0.2, 0.25) is 0 Å². The van der Waals surface area contributed by atoms with Gasteiger partial charge in [-0.3, -0.25) is 0 Å². The summed E-state index contributed by atoms with van der Waals surface area (Å²) in [4.78, 5) is 11.4. The molecule has 0 aromatic rings. The van der Waals surface area contributed by atoms with Crippen LogP contribution in [0.5, 0.6) is 0 Å². The molecule has 110 valence electrons. The van der Waals surface area contributed by atoms with Gasteiger partial charge in [0.1, 0.15) is 6.10 Å². The topological polar surface area (TPSA) is 87.8 Å². The number of hydrazine groups is 1. The molecule has 1 aliphatic heterocycles. The number of ether oxygens (including phenoxy) is 1. The summed E-state index contributed by atoms with van der Waals surface area (Å²) in [5, 5.41) is 11.6. The van der Waals surface area contributed by atoms with Gasteiger partial charge in [0.15, 0.2) is 6.10 Å². The average molecular weight is 271 g/mol. The average Bonchev–Trinajstić information content (AvgIpc) is 2.80. The molecule has 2 fully saturated rings. The number of nitrogens with one attached hydrogen (secondary N) is 1. The smallest absolute Gasteiger partial charge is 0.424 e. The Kier molecular flexibility index (Phi) is 5.01. The Morgan fingerprint density at radius 3 is 2.74 bits per heavy atom. The van der Waals surface area contributed by atoms with Crippen LogP contribution >= 0.6 is 0 Å². The first kappa shape index (κ1) is 14.6. The van der Waals surface area contributed by atoms with Crippen molar-refractivity contribution in [2.45, 2.75) is 56.8 Å². The third-order valence-corrected chi connectivity index (χ3v) is 4.25. The molecule has 1 amide bonds. The highest BCUT2D eigenvalue weighted by Crippen LogP contribution is 2.28. The highest BCUT2D eigenvalue weighted by molar-refractivity contribution is 5.69. The number of cyclic esters (lactones) is 1. The zero-order valence-corrected chi connectivity index (χ0v) is 11.5. The summed E-state index contributed by atoms with van der Waals surface area (Å²) >= 11 is 0. The predicted octanol–water partition coefficient (Wildman–Crippen LogP) is 0.600. The maximum absolute atomic E-state index is 11.4. The van der Waals surface area contributed by atoms with Gasteiger partial charge >= 0.3 is 6.09 Å². The van der Waals surface area contributed by atoms with E-state index in [0.29, 0.717) is 12.5 Å². The summed E-state index contributed by atoms with van der Waals surface area (Å²) < 4.78 is 5.13. The van der Waals surface area contributed by atoms with Crippen LogP contribution in [0, 0.1) is 5.92 Å². The summed E-state index contributed by atoms with van der Waals surface area (Å²) in [6.45, 7) is 0.342. The van der Waals surface area contributed by atoms with Crippen molar-refractivity contribution in [2.75, 3.05) is 13.6 Å². The maximum atomic E-state index is 11.4. The molecular formula is C13H25N3O3.